The van der Waals surface area contributed by atoms with E-state index in [0.29, 0.717) is 37.1 Å². The number of rotatable bonds is 10. The third kappa shape index (κ3) is 6.36. The van der Waals surface area contributed by atoms with Crippen LogP contribution in [-0.2, 0) is 16.1 Å². The number of aromatic nitrogens is 4. The van der Waals surface area contributed by atoms with Crippen LogP contribution in [-0.4, -0.2) is 69.9 Å². The molecule has 1 aliphatic heterocycles. The number of morpholine rings is 1. The first kappa shape index (κ1) is 25.5. The van der Waals surface area contributed by atoms with Crippen LogP contribution >= 0.6 is 23.4 Å². The molecule has 1 aliphatic rings. The number of halogens is 1. The van der Waals surface area contributed by atoms with E-state index < -0.39 is 5.60 Å². The van der Waals surface area contributed by atoms with Gasteiger partial charge in [0.1, 0.15) is 11.6 Å². The lowest BCUT2D eigenvalue weighted by Crippen LogP contribution is -2.47. The monoisotopic (exact) mass is 518 g/mol. The van der Waals surface area contributed by atoms with Crippen molar-refractivity contribution in [3.05, 3.63) is 35.5 Å². The lowest BCUT2D eigenvalue weighted by atomic mass is 10.1. The zero-order valence-corrected chi connectivity index (χ0v) is 21.9. The van der Waals surface area contributed by atoms with Gasteiger partial charge in [-0.3, -0.25) is 4.79 Å². The minimum atomic E-state index is -1.05. The number of thioether (sulfide) groups is 1. The molecule has 11 heteroatoms. The molecule has 1 amide bonds. The third-order valence-electron chi connectivity index (χ3n) is 5.54. The van der Waals surface area contributed by atoms with Gasteiger partial charge in [0.15, 0.2) is 16.4 Å². The summed E-state index contributed by atoms with van der Waals surface area (Å²) in [6, 6.07) is 6.95. The summed E-state index contributed by atoms with van der Waals surface area (Å²) in [6.45, 7) is 9.40. The quantitative estimate of drug-likeness (QED) is 0.320. The van der Waals surface area contributed by atoms with E-state index in [1.54, 1.807) is 49.9 Å². The molecule has 2 aromatic heterocycles. The first-order valence-electron chi connectivity index (χ1n) is 11.8. The maximum atomic E-state index is 12.8. The molecule has 188 valence electrons. The van der Waals surface area contributed by atoms with Crippen molar-refractivity contribution < 1.29 is 14.3 Å². The number of amides is 1. The van der Waals surface area contributed by atoms with Gasteiger partial charge in [-0.25, -0.2) is 14.6 Å². The van der Waals surface area contributed by atoms with E-state index in [0.717, 1.165) is 47.3 Å². The molecule has 35 heavy (non-hydrogen) atoms. The van der Waals surface area contributed by atoms with Gasteiger partial charge >= 0.3 is 0 Å². The number of nitrogens with zero attached hydrogens (tertiary/aromatic N) is 5. The van der Waals surface area contributed by atoms with E-state index in [9.17, 15) is 4.79 Å². The van der Waals surface area contributed by atoms with Gasteiger partial charge in [0.25, 0.3) is 5.91 Å². The highest BCUT2D eigenvalue weighted by Gasteiger charge is 2.29. The Morgan fingerprint density at radius 3 is 2.69 bits per heavy atom. The van der Waals surface area contributed by atoms with E-state index >= 15 is 0 Å². The van der Waals surface area contributed by atoms with Crippen LogP contribution in [0.15, 0.2) is 35.6 Å². The molecule has 1 fully saturated rings. The third-order valence-corrected chi connectivity index (χ3v) is 6.85. The Labute approximate surface area is 214 Å². The molecule has 0 unspecified atom stereocenters. The molecular formula is C24H31ClN6O3S. The number of carbonyl (C=O) groups is 1. The highest BCUT2D eigenvalue weighted by atomic mass is 35.5. The van der Waals surface area contributed by atoms with Crippen molar-refractivity contribution >= 4 is 46.1 Å². The summed E-state index contributed by atoms with van der Waals surface area (Å²) in [7, 11) is 0. The first-order valence-corrected chi connectivity index (χ1v) is 13.2. The van der Waals surface area contributed by atoms with E-state index in [4.69, 9.17) is 31.0 Å². The van der Waals surface area contributed by atoms with Gasteiger partial charge in [0.05, 0.1) is 31.3 Å². The van der Waals surface area contributed by atoms with Gasteiger partial charge < -0.3 is 19.7 Å². The number of hydrogen-bond acceptors (Lipinski definition) is 8. The molecule has 1 saturated heterocycles. The molecule has 1 N–H and O–H groups in total. The van der Waals surface area contributed by atoms with E-state index in [2.05, 4.69) is 22.2 Å². The van der Waals surface area contributed by atoms with Crippen LogP contribution in [0.1, 0.15) is 27.2 Å². The molecule has 1 aromatic carbocycles. The Hall–Kier alpha value is -2.56. The molecule has 0 radical (unpaired) electrons. The largest absolute Gasteiger partial charge is 0.478 e. The number of carbonyl (C=O) groups excluding carboxylic acids is 1. The van der Waals surface area contributed by atoms with Crippen molar-refractivity contribution in [2.24, 2.45) is 0 Å². The lowest BCUT2D eigenvalue weighted by molar-refractivity contribution is -0.134. The molecule has 9 nitrogen and oxygen atoms in total. The fourth-order valence-electron chi connectivity index (χ4n) is 3.69. The van der Waals surface area contributed by atoms with Crippen LogP contribution in [0.3, 0.4) is 0 Å². The maximum absolute atomic E-state index is 12.8. The molecule has 0 aliphatic carbocycles. The van der Waals surface area contributed by atoms with Gasteiger partial charge in [-0.2, -0.15) is 5.10 Å². The van der Waals surface area contributed by atoms with Crippen LogP contribution < -0.4 is 15.0 Å². The van der Waals surface area contributed by atoms with E-state index in [1.807, 2.05) is 10.9 Å². The standard InChI is InChI=1S/C24H31ClN6O3S/c1-4-15-35-23-28-20(30-11-13-33-14-12-30)19-16-27-31(21(19)29-23)10-9-26-22(32)24(2,3)34-18-7-5-17(25)6-8-18/h5-8,16H,4,9-15H2,1-3H3,(H,26,32). The topological polar surface area (TPSA) is 94.4 Å². The molecule has 0 bridgehead atoms. The molecule has 4 rings (SSSR count). The minimum Gasteiger partial charge on any atom is -0.478 e. The van der Waals surface area contributed by atoms with Crippen molar-refractivity contribution in [1.82, 2.24) is 25.1 Å². The highest BCUT2D eigenvalue weighted by molar-refractivity contribution is 7.99. The smallest absolute Gasteiger partial charge is 0.263 e. The van der Waals surface area contributed by atoms with Crippen molar-refractivity contribution in [3.8, 4) is 5.75 Å². The second-order valence-electron chi connectivity index (χ2n) is 8.70. The van der Waals surface area contributed by atoms with Crippen LogP contribution in [0.25, 0.3) is 11.0 Å². The minimum absolute atomic E-state index is 0.216. The molecular weight excluding hydrogens is 488 g/mol. The number of fused-ring (bicyclic) bond motifs is 1. The summed E-state index contributed by atoms with van der Waals surface area (Å²) in [5.41, 5.74) is -0.277. The number of nitrogens with one attached hydrogen (secondary N) is 1. The average molecular weight is 519 g/mol. The van der Waals surface area contributed by atoms with E-state index in [1.165, 1.54) is 0 Å². The lowest BCUT2D eigenvalue weighted by Gasteiger charge is -2.28. The molecule has 0 saturated carbocycles. The highest BCUT2D eigenvalue weighted by Crippen LogP contribution is 2.28. The zero-order chi connectivity index (χ0) is 24.8. The van der Waals surface area contributed by atoms with E-state index in [-0.39, 0.29) is 5.91 Å². The maximum Gasteiger partial charge on any atom is 0.263 e. The normalized spacial score (nSPS) is 14.3. The number of anilines is 1. The second-order valence-corrected chi connectivity index (χ2v) is 10.2. The first-order chi connectivity index (χ1) is 16.9. The van der Waals surface area contributed by atoms with Crippen molar-refractivity contribution in [3.63, 3.8) is 0 Å². The van der Waals surface area contributed by atoms with Crippen molar-refractivity contribution in [1.29, 1.82) is 0 Å². The van der Waals surface area contributed by atoms with Crippen molar-refractivity contribution in [2.45, 2.75) is 44.5 Å². The Balaban J connectivity index is 1.45. The molecule has 3 aromatic rings. The number of ether oxygens (including phenoxy) is 2. The van der Waals surface area contributed by atoms with Gasteiger partial charge in [-0.05, 0) is 44.5 Å². The van der Waals surface area contributed by atoms with Crippen LogP contribution in [0.4, 0.5) is 5.82 Å². The Bertz CT molecular complexity index is 1150. The summed E-state index contributed by atoms with van der Waals surface area (Å²) in [5.74, 6) is 2.20. The number of hydrogen-bond donors (Lipinski definition) is 1. The average Bonchev–Trinajstić information content (AvgIpc) is 3.27. The van der Waals surface area contributed by atoms with Crippen LogP contribution in [0.2, 0.25) is 5.02 Å². The molecule has 0 spiro atoms. The molecule has 0 atom stereocenters. The van der Waals surface area contributed by atoms with Crippen molar-refractivity contribution in [2.75, 3.05) is 43.5 Å². The SMILES string of the molecule is CCCSc1nc(N2CCOCC2)c2cnn(CCNC(=O)C(C)(C)Oc3ccc(Cl)cc3)c2n1. The van der Waals surface area contributed by atoms with Gasteiger partial charge in [0, 0.05) is 30.4 Å². The fourth-order valence-corrected chi connectivity index (χ4v) is 4.51. The predicted molar refractivity (Wildman–Crippen MR) is 139 cm³/mol. The Kier molecular flexibility index (Phi) is 8.35. The summed E-state index contributed by atoms with van der Waals surface area (Å²) in [5, 5.41) is 9.78. The summed E-state index contributed by atoms with van der Waals surface area (Å²) in [4.78, 5) is 24.7. The predicted octanol–water partition coefficient (Wildman–Crippen LogP) is 3.79. The van der Waals surface area contributed by atoms with Crippen LogP contribution in [0, 0.1) is 0 Å². The Morgan fingerprint density at radius 2 is 1.97 bits per heavy atom. The zero-order valence-electron chi connectivity index (χ0n) is 20.3. The van der Waals surface area contributed by atoms with Gasteiger partial charge in [-0.1, -0.05) is 30.3 Å². The Morgan fingerprint density at radius 1 is 1.23 bits per heavy atom. The summed E-state index contributed by atoms with van der Waals surface area (Å²) < 4.78 is 13.2. The summed E-state index contributed by atoms with van der Waals surface area (Å²) >= 11 is 7.57. The fraction of sp³-hybridized carbons (Fsp3) is 0.500. The number of benzene rings is 1. The van der Waals surface area contributed by atoms with Gasteiger partial charge in [0.2, 0.25) is 0 Å². The second kappa shape index (κ2) is 11.5. The molecule has 3 heterocycles. The van der Waals surface area contributed by atoms with Gasteiger partial charge in [-0.15, -0.1) is 0 Å². The van der Waals surface area contributed by atoms with Crippen LogP contribution in [0.5, 0.6) is 5.75 Å². The summed E-state index contributed by atoms with van der Waals surface area (Å²) in [6.07, 6.45) is 2.85.